The van der Waals surface area contributed by atoms with Gasteiger partial charge in [-0.05, 0) is 60.7 Å². The summed E-state index contributed by atoms with van der Waals surface area (Å²) in [6.45, 7) is -0.334. The van der Waals surface area contributed by atoms with Crippen LogP contribution >= 0.6 is 24.4 Å². The molecule has 0 spiro atoms. The molecular formula is C29H26FN11O15S5. The Kier molecular flexibility index (Phi) is 15.5. The van der Waals surface area contributed by atoms with Gasteiger partial charge in [-0.1, -0.05) is 22.2 Å². The fourth-order valence-electron chi connectivity index (χ4n) is 4.63. The lowest BCUT2D eigenvalue weighted by atomic mass is 10.2. The standard InChI is InChI=1S/C29H26FN11O15S5/c30-27-35-28(37-29(36-27)34-18-3-1-2-4-22(18)60(46,47)48)33-16-7-10-21(57-55-53-42)19(13-16)39-41-26-24(31)20(14-23(25(26)32)61(49,50)51)40-38-15-5-8-17(9-6-15)59(44,45)12-11-52-58-56-54-43/h1-10,13-14,42-43H,11-12,31-32H2,(H,46,47,48)(H,49,50,51)(H2,33,34,35,36,37). The van der Waals surface area contributed by atoms with E-state index in [9.17, 15) is 38.7 Å². The van der Waals surface area contributed by atoms with Gasteiger partial charge >= 0.3 is 6.08 Å². The summed E-state index contributed by atoms with van der Waals surface area (Å²) in [5.41, 5.74) is 10.1. The van der Waals surface area contributed by atoms with E-state index in [0.29, 0.717) is 12.0 Å². The zero-order valence-corrected chi connectivity index (χ0v) is 33.9. The van der Waals surface area contributed by atoms with Crippen molar-refractivity contribution < 1.29 is 72.2 Å². The van der Waals surface area contributed by atoms with Crippen LogP contribution in [0.5, 0.6) is 0 Å². The third-order valence-corrected chi connectivity index (χ3v) is 11.8. The highest BCUT2D eigenvalue weighted by molar-refractivity contribution is 7.94. The van der Waals surface area contributed by atoms with Gasteiger partial charge in [-0.15, -0.1) is 24.0 Å². The van der Waals surface area contributed by atoms with Gasteiger partial charge in [0, 0.05) is 5.69 Å². The molecule has 0 radical (unpaired) electrons. The van der Waals surface area contributed by atoms with Gasteiger partial charge in [0.1, 0.15) is 26.9 Å². The Bertz CT molecular complexity index is 2790. The SMILES string of the molecule is Nc1c(N=Nc2ccc(S(=O)(=O)CCOSOOO)cc2)cc(S(=O)(=O)O)c(N)c1N=Nc1cc(Nc2nc(F)nc(Nc3ccccc3S(=O)(=O)O)n2)ccc1SOOO. The highest BCUT2D eigenvalue weighted by Gasteiger charge is 2.23. The Balaban J connectivity index is 1.45. The molecule has 0 bridgehead atoms. The first-order valence-corrected chi connectivity index (χ1v) is 21.8. The highest BCUT2D eigenvalue weighted by Crippen LogP contribution is 2.44. The van der Waals surface area contributed by atoms with Crippen molar-refractivity contribution in [3.05, 3.63) is 78.9 Å². The number of azo groups is 2. The molecule has 324 valence electrons. The predicted molar refractivity (Wildman–Crippen MR) is 210 cm³/mol. The normalized spacial score (nSPS) is 12.3. The van der Waals surface area contributed by atoms with E-state index in [1.165, 1.54) is 60.7 Å². The summed E-state index contributed by atoms with van der Waals surface area (Å²) in [5, 5.41) is 44.9. The molecule has 0 unspecified atom stereocenters. The van der Waals surface area contributed by atoms with Crippen molar-refractivity contribution in [3.8, 4) is 0 Å². The second-order valence-electron chi connectivity index (χ2n) is 11.2. The van der Waals surface area contributed by atoms with E-state index in [-0.39, 0.29) is 51.5 Å². The van der Waals surface area contributed by atoms with Crippen LogP contribution in [0.15, 0.2) is 113 Å². The fourth-order valence-corrected chi connectivity index (χ4v) is 7.74. The molecule has 1 aromatic heterocycles. The smallest absolute Gasteiger partial charge is 0.315 e. The van der Waals surface area contributed by atoms with E-state index in [0.717, 1.165) is 12.1 Å². The second-order valence-corrected chi connectivity index (χ2v) is 17.3. The Morgan fingerprint density at radius 2 is 1.38 bits per heavy atom. The van der Waals surface area contributed by atoms with E-state index in [2.05, 4.69) is 64.8 Å². The Labute approximate surface area is 351 Å². The number of nitrogens with one attached hydrogen (secondary N) is 2. The largest absolute Gasteiger partial charge is 0.396 e. The van der Waals surface area contributed by atoms with Gasteiger partial charge in [-0.25, -0.2) is 18.9 Å². The minimum absolute atomic E-state index is 0.0630. The van der Waals surface area contributed by atoms with Gasteiger partial charge < -0.3 is 22.1 Å². The molecule has 5 rings (SSSR count). The van der Waals surface area contributed by atoms with Crippen molar-refractivity contribution in [2.75, 3.05) is 34.5 Å². The first-order valence-electron chi connectivity index (χ1n) is 15.8. The maximum Gasteiger partial charge on any atom is 0.315 e. The van der Waals surface area contributed by atoms with Crippen LogP contribution in [0.4, 0.5) is 61.8 Å². The van der Waals surface area contributed by atoms with Gasteiger partial charge in [0.05, 0.1) is 56.9 Å². The molecule has 0 aliphatic heterocycles. The molecular weight excluding hydrogens is 922 g/mol. The summed E-state index contributed by atoms with van der Waals surface area (Å²) < 4.78 is 121. The molecule has 61 heavy (non-hydrogen) atoms. The van der Waals surface area contributed by atoms with E-state index < -0.39 is 86.3 Å². The van der Waals surface area contributed by atoms with Crippen LogP contribution in [0.3, 0.4) is 0 Å². The lowest BCUT2D eigenvalue weighted by molar-refractivity contribution is -0.434. The molecule has 0 fully saturated rings. The number of anilines is 6. The van der Waals surface area contributed by atoms with E-state index >= 15 is 0 Å². The fraction of sp³-hybridized carbons (Fsp3) is 0.0690. The number of sulfone groups is 1. The number of hydrogen-bond acceptors (Lipinski definition) is 26. The molecule has 5 aromatic rings. The molecule has 0 saturated carbocycles. The molecule has 10 N–H and O–H groups in total. The average Bonchev–Trinajstić information content (AvgIpc) is 3.19. The third-order valence-electron chi connectivity index (χ3n) is 7.25. The number of rotatable bonds is 20. The number of nitrogen functional groups attached to an aromatic ring is 2. The molecule has 0 atom stereocenters. The number of hydrogen-bond donors (Lipinski definition) is 8. The van der Waals surface area contributed by atoms with Gasteiger partial charge in [0.15, 0.2) is 22.2 Å². The summed E-state index contributed by atoms with van der Waals surface area (Å²) in [6.07, 6.45) is -1.31. The van der Waals surface area contributed by atoms with E-state index in [4.69, 9.17) is 26.2 Å². The molecule has 1 heterocycles. The van der Waals surface area contributed by atoms with Crippen LogP contribution in [0.25, 0.3) is 0 Å². The maximum absolute atomic E-state index is 14.5. The highest BCUT2D eigenvalue weighted by atomic mass is 32.2. The van der Waals surface area contributed by atoms with E-state index in [1.54, 1.807) is 0 Å². The van der Waals surface area contributed by atoms with Crippen LogP contribution in [0.1, 0.15) is 0 Å². The molecule has 0 aliphatic rings. The summed E-state index contributed by atoms with van der Waals surface area (Å²) in [4.78, 5) is 9.53. The van der Waals surface area contributed by atoms with Crippen LogP contribution in [-0.4, -0.2) is 72.2 Å². The molecule has 0 saturated heterocycles. The predicted octanol–water partition coefficient (Wildman–Crippen LogP) is 6.19. The zero-order chi connectivity index (χ0) is 44.4. The molecule has 4 aromatic carbocycles. The van der Waals surface area contributed by atoms with Crippen LogP contribution in [0.2, 0.25) is 0 Å². The lowest BCUT2D eigenvalue weighted by Crippen LogP contribution is -2.10. The Hall–Kier alpha value is -5.59. The first-order chi connectivity index (χ1) is 28.9. The molecule has 0 aliphatic carbocycles. The van der Waals surface area contributed by atoms with Crippen molar-refractivity contribution in [1.29, 1.82) is 0 Å². The average molecular weight is 948 g/mol. The van der Waals surface area contributed by atoms with Crippen LogP contribution in [-0.2, 0) is 53.0 Å². The second kappa shape index (κ2) is 20.3. The topological polar surface area (TPSA) is 394 Å². The van der Waals surface area contributed by atoms with Gasteiger partial charge in [0.25, 0.3) is 20.2 Å². The number of aromatic nitrogens is 3. The van der Waals surface area contributed by atoms with Crippen molar-refractivity contribution in [2.45, 2.75) is 19.6 Å². The quantitative estimate of drug-likeness (QED) is 0.00819. The Morgan fingerprint density at radius 3 is 2.05 bits per heavy atom. The zero-order valence-electron chi connectivity index (χ0n) is 29.8. The van der Waals surface area contributed by atoms with Crippen LogP contribution in [0, 0.1) is 6.08 Å². The Morgan fingerprint density at radius 1 is 0.721 bits per heavy atom. The third kappa shape index (κ3) is 12.7. The summed E-state index contributed by atoms with van der Waals surface area (Å²) in [6, 6.07) is 14.7. The van der Waals surface area contributed by atoms with Crippen molar-refractivity contribution >= 4 is 112 Å². The summed E-state index contributed by atoms with van der Waals surface area (Å²) in [7, 11) is -13.6. The van der Waals surface area contributed by atoms with Crippen molar-refractivity contribution in [3.63, 3.8) is 0 Å². The number of nitrogens with zero attached hydrogens (tertiary/aromatic N) is 7. The molecule has 26 nitrogen and oxygen atoms in total. The number of para-hydroxylation sites is 1. The number of halogens is 1. The maximum atomic E-state index is 14.5. The van der Waals surface area contributed by atoms with Gasteiger partial charge in [0.2, 0.25) is 11.9 Å². The minimum Gasteiger partial charge on any atom is -0.396 e. The van der Waals surface area contributed by atoms with Crippen LogP contribution < -0.4 is 22.1 Å². The minimum atomic E-state index is -5.06. The monoisotopic (exact) mass is 947 g/mol. The lowest BCUT2D eigenvalue weighted by Gasteiger charge is -2.12. The first kappa shape index (κ1) is 46.5. The molecule has 32 heteroatoms. The summed E-state index contributed by atoms with van der Waals surface area (Å²) in [5.74, 6) is -1.38. The molecule has 0 amide bonds. The van der Waals surface area contributed by atoms with Crippen molar-refractivity contribution in [1.82, 2.24) is 15.0 Å². The van der Waals surface area contributed by atoms with Gasteiger partial charge in [-0.2, -0.15) is 41.3 Å². The van der Waals surface area contributed by atoms with Gasteiger partial charge in [-0.3, -0.25) is 13.3 Å². The number of benzene rings is 4. The summed E-state index contributed by atoms with van der Waals surface area (Å²) >= 11 is 0.615. The van der Waals surface area contributed by atoms with Crippen molar-refractivity contribution in [2.24, 2.45) is 20.5 Å². The number of nitrogens with two attached hydrogens (primary N) is 2. The van der Waals surface area contributed by atoms with E-state index in [1.807, 2.05) is 0 Å².